The molecule has 1 N–H and O–H groups in total. The zero-order valence-electron chi connectivity index (χ0n) is 16.1. The molecule has 4 rings (SSSR count). The number of nitrogens with one attached hydrogen (secondary N) is 1. The fourth-order valence-electron chi connectivity index (χ4n) is 3.31. The van der Waals surface area contributed by atoms with Gasteiger partial charge in [0, 0.05) is 37.9 Å². The molecule has 2 aliphatic heterocycles. The molecule has 0 unspecified atom stereocenters. The maximum Gasteiger partial charge on any atom is 0.243 e. The number of sulfonamides is 1. The fraction of sp³-hybridized carbons (Fsp3) is 0.350. The number of fused-ring (bicyclic) bond motifs is 1. The smallest absolute Gasteiger partial charge is 0.243 e. The zero-order valence-corrected chi connectivity index (χ0v) is 17.8. The Balaban J connectivity index is 1.36. The summed E-state index contributed by atoms with van der Waals surface area (Å²) in [5.74, 6) is 1.42. The summed E-state index contributed by atoms with van der Waals surface area (Å²) in [5.41, 5.74) is 1.85. The molecular weight excluding hydrogens is 410 g/mol. The predicted octanol–water partition coefficient (Wildman–Crippen LogP) is 2.47. The van der Waals surface area contributed by atoms with E-state index in [9.17, 15) is 8.42 Å². The van der Waals surface area contributed by atoms with Crippen molar-refractivity contribution in [3.63, 3.8) is 0 Å². The number of aryl methyl sites for hydroxylation is 1. The fourth-order valence-corrected chi connectivity index (χ4v) is 5.04. The number of nitrogens with zero attached hydrogens (tertiary/aromatic N) is 2. The molecule has 0 aliphatic carbocycles. The van der Waals surface area contributed by atoms with Crippen molar-refractivity contribution in [2.24, 2.45) is 0 Å². The summed E-state index contributed by atoms with van der Waals surface area (Å²) in [6.07, 6.45) is 0. The summed E-state index contributed by atoms with van der Waals surface area (Å²) in [5, 5.41) is 3.77. The lowest BCUT2D eigenvalue weighted by Crippen LogP contribution is -2.51. The maximum atomic E-state index is 12.8. The highest BCUT2D eigenvalue weighted by Gasteiger charge is 2.29. The van der Waals surface area contributed by atoms with Gasteiger partial charge in [-0.15, -0.1) is 0 Å². The van der Waals surface area contributed by atoms with Crippen LogP contribution < -0.4 is 14.8 Å². The monoisotopic (exact) mass is 433 g/mol. The average Bonchev–Trinajstić information content (AvgIpc) is 2.74. The van der Waals surface area contributed by atoms with Crippen molar-refractivity contribution in [3.8, 4) is 11.5 Å². The Morgan fingerprint density at radius 1 is 0.966 bits per heavy atom. The lowest BCUT2D eigenvalue weighted by Gasteiger charge is -2.35. The second-order valence-electron chi connectivity index (χ2n) is 6.99. The minimum absolute atomic E-state index is 0.327. The average molecular weight is 434 g/mol. The van der Waals surface area contributed by atoms with Gasteiger partial charge in [0.05, 0.1) is 4.90 Å². The van der Waals surface area contributed by atoms with Crippen LogP contribution in [0, 0.1) is 6.92 Å². The van der Waals surface area contributed by atoms with Crippen LogP contribution in [-0.2, 0) is 10.0 Å². The minimum atomic E-state index is -3.48. The number of hydrogen-bond acceptors (Lipinski definition) is 5. The molecule has 0 aromatic heterocycles. The van der Waals surface area contributed by atoms with Crippen LogP contribution in [0.1, 0.15) is 5.56 Å². The van der Waals surface area contributed by atoms with Crippen molar-refractivity contribution in [3.05, 3.63) is 48.0 Å². The van der Waals surface area contributed by atoms with E-state index in [1.165, 1.54) is 4.31 Å². The Bertz CT molecular complexity index is 1000. The number of piperazine rings is 1. The lowest BCUT2D eigenvalue weighted by molar-refractivity contribution is 0.171. The van der Waals surface area contributed by atoms with E-state index in [-0.39, 0.29) is 0 Å². The molecule has 7 nitrogen and oxygen atoms in total. The van der Waals surface area contributed by atoms with Gasteiger partial charge in [0.15, 0.2) is 16.6 Å². The van der Waals surface area contributed by atoms with Crippen molar-refractivity contribution < 1.29 is 17.9 Å². The van der Waals surface area contributed by atoms with Crippen LogP contribution in [0.15, 0.2) is 47.4 Å². The Hall–Kier alpha value is -2.36. The second-order valence-corrected chi connectivity index (χ2v) is 9.32. The van der Waals surface area contributed by atoms with Crippen LogP contribution in [0.2, 0.25) is 0 Å². The van der Waals surface area contributed by atoms with E-state index in [1.54, 1.807) is 12.1 Å². The van der Waals surface area contributed by atoms with E-state index in [4.69, 9.17) is 21.7 Å². The molecule has 0 atom stereocenters. The molecule has 9 heteroatoms. The first kappa shape index (κ1) is 19.9. The van der Waals surface area contributed by atoms with E-state index < -0.39 is 10.0 Å². The summed E-state index contributed by atoms with van der Waals surface area (Å²) in [6, 6.07) is 12.5. The summed E-state index contributed by atoms with van der Waals surface area (Å²) >= 11 is 5.53. The highest BCUT2D eigenvalue weighted by Crippen LogP contribution is 2.32. The van der Waals surface area contributed by atoms with Gasteiger partial charge in [-0.05, 0) is 43.4 Å². The van der Waals surface area contributed by atoms with E-state index in [1.807, 2.05) is 42.2 Å². The van der Waals surface area contributed by atoms with Gasteiger partial charge in [-0.2, -0.15) is 4.31 Å². The summed E-state index contributed by atoms with van der Waals surface area (Å²) in [4.78, 5) is 2.31. The number of thiocarbonyl (C=S) groups is 1. The topological polar surface area (TPSA) is 71.1 Å². The van der Waals surface area contributed by atoms with Gasteiger partial charge in [-0.25, -0.2) is 8.42 Å². The first-order valence-electron chi connectivity index (χ1n) is 9.46. The Kier molecular flexibility index (Phi) is 5.62. The molecule has 1 fully saturated rings. The van der Waals surface area contributed by atoms with Gasteiger partial charge in [0.1, 0.15) is 13.2 Å². The third kappa shape index (κ3) is 4.31. The summed E-state index contributed by atoms with van der Waals surface area (Å²) in [7, 11) is -3.48. The van der Waals surface area contributed by atoms with Gasteiger partial charge < -0.3 is 19.7 Å². The Labute approximate surface area is 176 Å². The summed E-state index contributed by atoms with van der Waals surface area (Å²) in [6.45, 7) is 4.85. The molecule has 2 heterocycles. The molecule has 154 valence electrons. The third-order valence-electron chi connectivity index (χ3n) is 4.98. The van der Waals surface area contributed by atoms with Gasteiger partial charge in [0.2, 0.25) is 10.0 Å². The molecule has 0 amide bonds. The van der Waals surface area contributed by atoms with Crippen LogP contribution in [-0.4, -0.2) is 62.1 Å². The highest BCUT2D eigenvalue weighted by atomic mass is 32.2. The van der Waals surface area contributed by atoms with E-state index in [0.29, 0.717) is 55.2 Å². The molecule has 2 aromatic rings. The number of hydrogen-bond donors (Lipinski definition) is 1. The normalized spacial score (nSPS) is 17.1. The molecule has 29 heavy (non-hydrogen) atoms. The van der Waals surface area contributed by atoms with Crippen LogP contribution in [0.3, 0.4) is 0 Å². The lowest BCUT2D eigenvalue weighted by atomic mass is 10.2. The van der Waals surface area contributed by atoms with Crippen molar-refractivity contribution >= 4 is 33.0 Å². The SMILES string of the molecule is Cc1ccc(S(=O)(=O)N2CCN(C(=S)Nc3ccc4c(c3)OCCO4)CC2)cc1. The first-order valence-corrected chi connectivity index (χ1v) is 11.3. The van der Waals surface area contributed by atoms with Crippen molar-refractivity contribution in [2.45, 2.75) is 11.8 Å². The van der Waals surface area contributed by atoms with Crippen LogP contribution >= 0.6 is 12.2 Å². The van der Waals surface area contributed by atoms with Crippen LogP contribution in [0.4, 0.5) is 5.69 Å². The van der Waals surface area contributed by atoms with E-state index in [2.05, 4.69) is 5.32 Å². The quantitative estimate of drug-likeness (QED) is 0.746. The standard InChI is InChI=1S/C20H23N3O4S2/c1-15-2-5-17(6-3-15)29(24,25)23-10-8-22(9-11-23)20(28)21-16-4-7-18-19(14-16)27-13-12-26-18/h2-7,14H,8-13H2,1H3,(H,21,28). The zero-order chi connectivity index (χ0) is 20.4. The molecule has 0 spiro atoms. The van der Waals surface area contributed by atoms with Gasteiger partial charge in [-0.1, -0.05) is 17.7 Å². The molecule has 0 bridgehead atoms. The molecule has 0 radical (unpaired) electrons. The Morgan fingerprint density at radius 3 is 2.31 bits per heavy atom. The van der Waals surface area contributed by atoms with Gasteiger partial charge in [-0.3, -0.25) is 0 Å². The molecule has 2 aromatic carbocycles. The highest BCUT2D eigenvalue weighted by molar-refractivity contribution is 7.89. The number of ether oxygens (including phenoxy) is 2. The van der Waals surface area contributed by atoms with Crippen LogP contribution in [0.25, 0.3) is 0 Å². The van der Waals surface area contributed by atoms with Crippen molar-refractivity contribution in [1.29, 1.82) is 0 Å². The van der Waals surface area contributed by atoms with Gasteiger partial charge >= 0.3 is 0 Å². The molecule has 0 saturated carbocycles. The molecule has 1 saturated heterocycles. The van der Waals surface area contributed by atoms with Crippen molar-refractivity contribution in [1.82, 2.24) is 9.21 Å². The molecule has 2 aliphatic rings. The maximum absolute atomic E-state index is 12.8. The van der Waals surface area contributed by atoms with Crippen LogP contribution in [0.5, 0.6) is 11.5 Å². The van der Waals surface area contributed by atoms with E-state index in [0.717, 1.165) is 17.0 Å². The number of rotatable bonds is 3. The second kappa shape index (κ2) is 8.17. The number of benzene rings is 2. The minimum Gasteiger partial charge on any atom is -0.486 e. The largest absolute Gasteiger partial charge is 0.486 e. The summed E-state index contributed by atoms with van der Waals surface area (Å²) < 4.78 is 38.3. The molecular formula is C20H23N3O4S2. The number of anilines is 1. The van der Waals surface area contributed by atoms with E-state index >= 15 is 0 Å². The van der Waals surface area contributed by atoms with Gasteiger partial charge in [0.25, 0.3) is 0 Å². The third-order valence-corrected chi connectivity index (χ3v) is 7.25. The van der Waals surface area contributed by atoms with Crippen molar-refractivity contribution in [2.75, 3.05) is 44.7 Å². The Morgan fingerprint density at radius 2 is 1.62 bits per heavy atom. The predicted molar refractivity (Wildman–Crippen MR) is 115 cm³/mol. The first-order chi connectivity index (χ1) is 13.9.